The van der Waals surface area contributed by atoms with Crippen molar-refractivity contribution in [3.05, 3.63) is 46.8 Å². The van der Waals surface area contributed by atoms with E-state index >= 15 is 0 Å². The Morgan fingerprint density at radius 3 is 1.94 bits per heavy atom. The number of nitrogens with zero attached hydrogens (tertiary/aromatic N) is 2. The Morgan fingerprint density at radius 1 is 0.833 bits per heavy atom. The van der Waals surface area contributed by atoms with Gasteiger partial charge in [0, 0.05) is 17.2 Å². The standard InChI is InChI=1S/C25H26N4O7/c1-30-15-10-17(32-3)16(31-2)9-13(15)20-14(11-26)24(27)36-25-21(20)22(28-29-25)12-7-18(33-4)23(35-6)19(8-12)34-5/h7-10,20H,27H2,1-6H3,(H,28,29)/t20-/m1/s1. The maximum absolute atomic E-state index is 10.1. The van der Waals surface area contributed by atoms with Crippen molar-refractivity contribution in [2.24, 2.45) is 5.73 Å². The lowest BCUT2D eigenvalue weighted by Gasteiger charge is -2.26. The molecule has 0 aliphatic carbocycles. The number of benzene rings is 2. The summed E-state index contributed by atoms with van der Waals surface area (Å²) >= 11 is 0. The van der Waals surface area contributed by atoms with Crippen molar-refractivity contribution >= 4 is 0 Å². The van der Waals surface area contributed by atoms with Crippen LogP contribution in [-0.2, 0) is 0 Å². The zero-order chi connectivity index (χ0) is 26.0. The van der Waals surface area contributed by atoms with Crippen molar-refractivity contribution in [1.82, 2.24) is 10.2 Å². The Hall–Kier alpha value is -4.72. The zero-order valence-corrected chi connectivity index (χ0v) is 20.7. The molecule has 3 aromatic rings. The number of allylic oxidation sites excluding steroid dienone is 1. The van der Waals surface area contributed by atoms with Crippen LogP contribution in [0.3, 0.4) is 0 Å². The third-order valence-electron chi connectivity index (χ3n) is 5.94. The van der Waals surface area contributed by atoms with Crippen molar-refractivity contribution in [3.8, 4) is 57.7 Å². The van der Waals surface area contributed by atoms with Crippen LogP contribution in [-0.4, -0.2) is 52.9 Å². The lowest BCUT2D eigenvalue weighted by atomic mass is 9.82. The molecule has 0 radical (unpaired) electrons. The fourth-order valence-corrected chi connectivity index (χ4v) is 4.28. The van der Waals surface area contributed by atoms with Crippen molar-refractivity contribution in [2.75, 3.05) is 42.7 Å². The van der Waals surface area contributed by atoms with E-state index in [0.717, 1.165) is 0 Å². The number of fused-ring (bicyclic) bond motifs is 1. The molecule has 0 saturated heterocycles. The van der Waals surface area contributed by atoms with Gasteiger partial charge in [-0.1, -0.05) is 0 Å². The normalized spacial score (nSPS) is 14.3. The summed E-state index contributed by atoms with van der Waals surface area (Å²) in [6.07, 6.45) is 0. The van der Waals surface area contributed by atoms with Crippen LogP contribution in [0.5, 0.6) is 40.4 Å². The predicted molar refractivity (Wildman–Crippen MR) is 129 cm³/mol. The summed E-state index contributed by atoms with van der Waals surface area (Å²) in [5.41, 5.74) is 8.73. The van der Waals surface area contributed by atoms with Crippen LogP contribution in [0.15, 0.2) is 35.7 Å². The van der Waals surface area contributed by atoms with Crippen LogP contribution in [0.2, 0.25) is 0 Å². The number of methoxy groups -OCH3 is 6. The molecule has 1 aromatic heterocycles. The Bertz CT molecular complexity index is 1350. The summed E-state index contributed by atoms with van der Waals surface area (Å²) in [4.78, 5) is 0. The van der Waals surface area contributed by atoms with Gasteiger partial charge in [-0.15, -0.1) is 5.10 Å². The van der Waals surface area contributed by atoms with Crippen molar-refractivity contribution < 1.29 is 33.2 Å². The van der Waals surface area contributed by atoms with Crippen LogP contribution in [0.25, 0.3) is 11.3 Å². The molecule has 11 heteroatoms. The van der Waals surface area contributed by atoms with Gasteiger partial charge in [-0.25, -0.2) is 0 Å². The Morgan fingerprint density at radius 2 is 1.42 bits per heavy atom. The molecule has 1 aliphatic heterocycles. The number of H-pyrrole nitrogens is 1. The molecular weight excluding hydrogens is 468 g/mol. The number of nitrogens with two attached hydrogens (primary N) is 1. The highest BCUT2D eigenvalue weighted by molar-refractivity contribution is 5.76. The van der Waals surface area contributed by atoms with Gasteiger partial charge in [-0.3, -0.25) is 5.10 Å². The molecule has 0 fully saturated rings. The third-order valence-corrected chi connectivity index (χ3v) is 5.94. The maximum atomic E-state index is 10.1. The Labute approximate surface area is 207 Å². The van der Waals surface area contributed by atoms with Crippen LogP contribution in [0, 0.1) is 11.3 Å². The van der Waals surface area contributed by atoms with Crippen LogP contribution in [0.4, 0.5) is 0 Å². The first kappa shape index (κ1) is 24.4. The smallest absolute Gasteiger partial charge is 0.244 e. The van der Waals surface area contributed by atoms with E-state index in [4.69, 9.17) is 38.9 Å². The molecule has 2 aromatic carbocycles. The summed E-state index contributed by atoms with van der Waals surface area (Å²) < 4.78 is 38.8. The van der Waals surface area contributed by atoms with E-state index < -0.39 is 5.92 Å². The van der Waals surface area contributed by atoms with Crippen LogP contribution >= 0.6 is 0 Å². The van der Waals surface area contributed by atoms with Crippen LogP contribution < -0.4 is 38.9 Å². The highest BCUT2D eigenvalue weighted by Gasteiger charge is 2.38. The molecule has 0 bridgehead atoms. The molecule has 3 N–H and O–H groups in total. The number of hydrogen-bond acceptors (Lipinski definition) is 10. The van der Waals surface area contributed by atoms with Gasteiger partial charge < -0.3 is 38.9 Å². The van der Waals surface area contributed by atoms with Gasteiger partial charge in [-0.2, -0.15) is 5.26 Å². The second kappa shape index (κ2) is 9.87. The van der Waals surface area contributed by atoms with E-state index in [1.165, 1.54) is 42.7 Å². The molecule has 0 amide bonds. The molecule has 0 spiro atoms. The number of ether oxygens (including phenoxy) is 7. The molecule has 11 nitrogen and oxygen atoms in total. The third kappa shape index (κ3) is 3.82. The minimum atomic E-state index is -0.707. The summed E-state index contributed by atoms with van der Waals surface area (Å²) in [6, 6.07) is 9.15. The summed E-state index contributed by atoms with van der Waals surface area (Å²) in [5, 5.41) is 17.4. The monoisotopic (exact) mass is 494 g/mol. The first-order valence-corrected chi connectivity index (χ1v) is 10.7. The average Bonchev–Trinajstić information content (AvgIpc) is 3.33. The molecule has 1 aliphatic rings. The number of aromatic amines is 1. The molecular formula is C25H26N4O7. The lowest BCUT2D eigenvalue weighted by Crippen LogP contribution is -2.21. The van der Waals surface area contributed by atoms with E-state index in [2.05, 4.69) is 16.3 Å². The van der Waals surface area contributed by atoms with Crippen molar-refractivity contribution in [2.45, 2.75) is 5.92 Å². The molecule has 36 heavy (non-hydrogen) atoms. The highest BCUT2D eigenvalue weighted by Crippen LogP contribution is 2.51. The van der Waals surface area contributed by atoms with Gasteiger partial charge in [0.15, 0.2) is 23.0 Å². The summed E-state index contributed by atoms with van der Waals surface area (Å²) in [6.45, 7) is 0. The number of nitriles is 1. The van der Waals surface area contributed by atoms with Gasteiger partial charge >= 0.3 is 0 Å². The number of rotatable bonds is 8. The molecule has 4 rings (SSSR count). The molecule has 188 valence electrons. The zero-order valence-electron chi connectivity index (χ0n) is 20.7. The SMILES string of the molecule is COc1cc(OC)c([C@@H]2C(C#N)=C(N)Oc3n[nH]c(-c4cc(OC)c(OC)c(OC)c4)c32)cc1OC. The van der Waals surface area contributed by atoms with Crippen molar-refractivity contribution in [3.63, 3.8) is 0 Å². The molecule has 1 atom stereocenters. The second-order valence-electron chi connectivity index (χ2n) is 7.61. The number of hydrogen-bond donors (Lipinski definition) is 2. The van der Waals surface area contributed by atoms with Gasteiger partial charge in [0.2, 0.25) is 17.5 Å². The summed E-state index contributed by atoms with van der Waals surface area (Å²) in [5.74, 6) is 2.17. The maximum Gasteiger partial charge on any atom is 0.244 e. The Balaban J connectivity index is 2.02. The van der Waals surface area contributed by atoms with Gasteiger partial charge in [-0.05, 0) is 18.2 Å². The van der Waals surface area contributed by atoms with E-state index in [1.807, 2.05) is 0 Å². The van der Waals surface area contributed by atoms with Gasteiger partial charge in [0.1, 0.15) is 17.4 Å². The topological polar surface area (TPSA) is 143 Å². The number of nitrogens with one attached hydrogen (secondary N) is 1. The lowest BCUT2D eigenvalue weighted by molar-refractivity contribution is 0.324. The van der Waals surface area contributed by atoms with Crippen molar-refractivity contribution in [1.29, 1.82) is 5.26 Å². The quantitative estimate of drug-likeness (QED) is 0.478. The predicted octanol–water partition coefficient (Wildman–Crippen LogP) is 3.35. The van der Waals surface area contributed by atoms with Crippen LogP contribution in [0.1, 0.15) is 17.0 Å². The first-order valence-electron chi connectivity index (χ1n) is 10.7. The highest BCUT2D eigenvalue weighted by atomic mass is 16.5. The van der Waals surface area contributed by atoms with E-state index in [0.29, 0.717) is 56.9 Å². The van der Waals surface area contributed by atoms with E-state index in [9.17, 15) is 5.26 Å². The fourth-order valence-electron chi connectivity index (χ4n) is 4.28. The molecule has 0 unspecified atom stereocenters. The summed E-state index contributed by atoms with van der Waals surface area (Å²) in [7, 11) is 9.17. The number of aromatic nitrogens is 2. The van der Waals surface area contributed by atoms with E-state index in [-0.39, 0.29) is 17.3 Å². The fraction of sp³-hybridized carbons (Fsp3) is 0.280. The average molecular weight is 495 g/mol. The first-order chi connectivity index (χ1) is 17.5. The second-order valence-corrected chi connectivity index (χ2v) is 7.61. The largest absolute Gasteiger partial charge is 0.496 e. The molecule has 0 saturated carbocycles. The van der Waals surface area contributed by atoms with Gasteiger partial charge in [0.25, 0.3) is 0 Å². The minimum absolute atomic E-state index is 0.0604. The van der Waals surface area contributed by atoms with E-state index in [1.54, 1.807) is 24.3 Å². The molecule has 2 heterocycles. The van der Waals surface area contributed by atoms with Gasteiger partial charge in [0.05, 0.1) is 59.8 Å². The minimum Gasteiger partial charge on any atom is -0.496 e. The Kier molecular flexibility index (Phi) is 6.69.